The van der Waals surface area contributed by atoms with Gasteiger partial charge in [0.05, 0.1) is 18.7 Å². The molecule has 0 spiro atoms. The van der Waals surface area contributed by atoms with Gasteiger partial charge in [0, 0.05) is 64.5 Å². The number of aromatic amines is 1. The van der Waals surface area contributed by atoms with Crippen LogP contribution < -0.4 is 21.6 Å². The highest BCUT2D eigenvalue weighted by Gasteiger charge is 2.47. The summed E-state index contributed by atoms with van der Waals surface area (Å²) in [4.78, 5) is 101. The summed E-state index contributed by atoms with van der Waals surface area (Å²) in [6, 6.07) is 13.8. The van der Waals surface area contributed by atoms with E-state index in [0.29, 0.717) is 35.8 Å². The largest absolute Gasteiger partial charge is 0.508 e. The Morgan fingerprint density at radius 2 is 1.58 bits per heavy atom. The van der Waals surface area contributed by atoms with Gasteiger partial charge in [-0.25, -0.2) is 18.5 Å². The first-order valence-corrected chi connectivity index (χ1v) is 24.2. The quantitative estimate of drug-likeness (QED) is 0.0260. The van der Waals surface area contributed by atoms with Crippen LogP contribution in [0.15, 0.2) is 80.9 Å². The number of unbranched alkanes of at least 4 members (excludes halogenated alkanes) is 2. The fourth-order valence-electron chi connectivity index (χ4n) is 6.90. The Morgan fingerprint density at radius 3 is 2.31 bits per heavy atom. The third-order valence-corrected chi connectivity index (χ3v) is 13.7. The number of pyridine rings is 1. The molecule has 1 aromatic heterocycles. The summed E-state index contributed by atoms with van der Waals surface area (Å²) in [5.74, 6) is 3.29. The highest BCUT2D eigenvalue weighted by atomic mass is 31.3. The molecule has 3 aromatic rings. The highest BCUT2D eigenvalue weighted by Crippen LogP contribution is 2.66. The lowest BCUT2D eigenvalue weighted by Gasteiger charge is -2.19. The number of carboxylic acid groups (broad SMARTS) is 1. The molecule has 3 heterocycles. The number of carbonyl (C=O) groups excluding carboxylic acids is 2. The SMILES string of the molecule is O=C(CCCCCNC(=O)c1ccc(-c2c3ccc(=O)cc-3oc3cc(O)ccc23)c(C(=O)O)c1)NCC#Cc1c[nH]c(=O)c([C@@H]2O[C@H](COP(=O)(O)OP(=O)(O)OP(=O)(O)O)[C@@H](O)[C@H]2O)c1. The number of aliphatic hydroxyl groups is 2. The highest BCUT2D eigenvalue weighted by molar-refractivity contribution is 7.66. The second-order valence-corrected chi connectivity index (χ2v) is 19.1. The number of hydrogen-bond donors (Lipinski definition) is 11. The molecule has 27 heteroatoms. The molecule has 3 aliphatic rings. The number of benzene rings is 3. The van der Waals surface area contributed by atoms with Crippen molar-refractivity contribution in [3.63, 3.8) is 0 Å². The molecule has 0 radical (unpaired) electrons. The van der Waals surface area contributed by atoms with E-state index in [-0.39, 0.29) is 75.8 Å². The maximum absolute atomic E-state index is 13.1. The number of phosphoric ester groups is 1. The number of carbonyl (C=O) groups is 3. The van der Waals surface area contributed by atoms with Gasteiger partial charge in [0.2, 0.25) is 5.91 Å². The van der Waals surface area contributed by atoms with Crippen molar-refractivity contribution in [1.82, 2.24) is 15.6 Å². The van der Waals surface area contributed by atoms with Crippen molar-refractivity contribution in [3.05, 3.63) is 110 Å². The standard InChI is InChI=1S/C40H40N3O21P3/c44-23-8-11-26-30(17-23)61-31-18-24(45)9-12-27(31)34(26)25-10-7-22(16-28(25)40(51)52)38(49)42-13-3-1-2-6-33(46)41-14-4-5-21-15-29(39(50)43-19-21)37-36(48)35(47)32(62-37)20-60-66(56,57)64-67(58,59)63-65(53,54)55/h7-12,15-19,32,35-37,44,47-48H,1-3,6,13-14,20H2,(H,41,46)(H,42,49)(H,43,50)(H,51,52)(H,56,57)(H,58,59)(H2,53,54,55)/t32-,35-,36-,37+/m1/s1. The van der Waals surface area contributed by atoms with Gasteiger partial charge >= 0.3 is 29.4 Å². The molecule has 2 aliphatic heterocycles. The van der Waals surface area contributed by atoms with E-state index in [9.17, 15) is 67.9 Å². The normalized spacial score (nSPS) is 19.0. The Hall–Kier alpha value is -5.86. The number of phosphoric acid groups is 3. The Bertz CT molecular complexity index is 3010. The second-order valence-electron chi connectivity index (χ2n) is 14.7. The molecule has 356 valence electrons. The van der Waals surface area contributed by atoms with Gasteiger partial charge in [-0.1, -0.05) is 24.3 Å². The lowest BCUT2D eigenvalue weighted by Crippen LogP contribution is -2.33. The molecule has 2 aromatic carbocycles. The number of H-pyrrole nitrogens is 1. The molecule has 1 fully saturated rings. The lowest BCUT2D eigenvalue weighted by atomic mass is 9.90. The van der Waals surface area contributed by atoms with E-state index in [1.54, 1.807) is 6.07 Å². The van der Waals surface area contributed by atoms with Crippen molar-refractivity contribution < 1.29 is 90.4 Å². The van der Waals surface area contributed by atoms with Gasteiger partial charge in [0.15, 0.2) is 5.43 Å². The number of ether oxygens (including phenoxy) is 1. The smallest absolute Gasteiger partial charge is 0.490 e. The van der Waals surface area contributed by atoms with Gasteiger partial charge in [-0.05, 0) is 60.9 Å². The van der Waals surface area contributed by atoms with Crippen LogP contribution in [-0.4, -0.2) is 101 Å². The van der Waals surface area contributed by atoms with Gasteiger partial charge in [-0.3, -0.25) is 23.7 Å². The number of nitrogens with one attached hydrogen (secondary N) is 3. The molecule has 0 bridgehead atoms. The third-order valence-electron chi connectivity index (χ3n) is 9.85. The van der Waals surface area contributed by atoms with Crippen LogP contribution in [-0.2, 0) is 36.4 Å². The number of amides is 2. The van der Waals surface area contributed by atoms with Gasteiger partial charge in [-0.15, -0.1) is 0 Å². The third kappa shape index (κ3) is 13.2. The van der Waals surface area contributed by atoms with Crippen molar-refractivity contribution in [1.29, 1.82) is 0 Å². The lowest BCUT2D eigenvalue weighted by molar-refractivity contribution is -0.121. The number of carboxylic acids is 1. The number of aromatic nitrogens is 1. The Kier molecular flexibility index (Phi) is 15.8. The number of aromatic carboxylic acids is 1. The number of hydrogen-bond acceptors (Lipinski definition) is 16. The van der Waals surface area contributed by atoms with Crippen LogP contribution >= 0.6 is 23.5 Å². The summed E-state index contributed by atoms with van der Waals surface area (Å²) in [6.07, 6.45) is -4.02. The van der Waals surface area contributed by atoms with E-state index >= 15 is 0 Å². The molecule has 67 heavy (non-hydrogen) atoms. The van der Waals surface area contributed by atoms with Crippen LogP contribution in [0, 0.1) is 11.8 Å². The Labute approximate surface area is 376 Å². The zero-order valence-corrected chi connectivity index (χ0v) is 37.0. The topological polar surface area (TPSA) is 388 Å². The number of aliphatic hydroxyl groups excluding tert-OH is 2. The minimum atomic E-state index is -5.82. The predicted octanol–water partition coefficient (Wildman–Crippen LogP) is 2.62. The fraction of sp³-hybridized carbons (Fsp3) is 0.275. The molecular formula is C40H40N3O21P3. The summed E-state index contributed by atoms with van der Waals surface area (Å²) >= 11 is 0. The average molecular weight is 992 g/mol. The zero-order chi connectivity index (χ0) is 48.8. The van der Waals surface area contributed by atoms with E-state index < -0.39 is 71.9 Å². The van der Waals surface area contributed by atoms with Crippen LogP contribution in [0.1, 0.15) is 63.6 Å². The van der Waals surface area contributed by atoms with Crippen molar-refractivity contribution in [3.8, 4) is 40.0 Å². The summed E-state index contributed by atoms with van der Waals surface area (Å²) in [5.41, 5.74) is 0.0709. The monoisotopic (exact) mass is 991 g/mol. The maximum Gasteiger partial charge on any atom is 0.490 e. The van der Waals surface area contributed by atoms with Crippen LogP contribution in [0.3, 0.4) is 0 Å². The van der Waals surface area contributed by atoms with Crippen LogP contribution in [0.4, 0.5) is 0 Å². The molecule has 1 aliphatic carbocycles. The number of aromatic hydroxyl groups is 1. The zero-order valence-electron chi connectivity index (χ0n) is 34.3. The number of rotatable bonds is 18. The first-order chi connectivity index (χ1) is 31.5. The van der Waals surface area contributed by atoms with Crippen LogP contribution in [0.2, 0.25) is 0 Å². The molecule has 2 amide bonds. The first-order valence-electron chi connectivity index (χ1n) is 19.6. The van der Waals surface area contributed by atoms with E-state index in [1.165, 1.54) is 60.8 Å². The van der Waals surface area contributed by atoms with Gasteiger partial charge < -0.3 is 64.8 Å². The molecule has 6 atom stereocenters. The van der Waals surface area contributed by atoms with Gasteiger partial charge in [0.25, 0.3) is 11.5 Å². The molecule has 1 saturated heterocycles. The summed E-state index contributed by atoms with van der Waals surface area (Å²) < 4.78 is 57.4. The summed E-state index contributed by atoms with van der Waals surface area (Å²) in [6.45, 7) is -0.982. The molecule has 11 N–H and O–H groups in total. The van der Waals surface area contributed by atoms with E-state index in [4.69, 9.17) is 18.9 Å². The predicted molar refractivity (Wildman–Crippen MR) is 230 cm³/mol. The first kappa shape index (κ1) is 50.6. The van der Waals surface area contributed by atoms with Gasteiger partial charge in [-0.2, -0.15) is 8.62 Å². The summed E-state index contributed by atoms with van der Waals surface area (Å²) in [5, 5.41) is 47.0. The fourth-order valence-corrected chi connectivity index (χ4v) is 9.93. The molecule has 0 saturated carbocycles. The number of phenols is 1. The Morgan fingerprint density at radius 1 is 0.836 bits per heavy atom. The van der Waals surface area contributed by atoms with Crippen molar-refractivity contribution in [2.75, 3.05) is 19.7 Å². The average Bonchev–Trinajstić information content (AvgIpc) is 3.52. The minimum absolute atomic E-state index is 0.0824. The van der Waals surface area contributed by atoms with Crippen molar-refractivity contribution >= 4 is 52.2 Å². The van der Waals surface area contributed by atoms with Gasteiger partial charge in [0.1, 0.15) is 41.5 Å². The maximum atomic E-state index is 13.1. The second kappa shape index (κ2) is 21.0. The number of phenolic OH excluding ortho intramolecular Hbond substituents is 1. The van der Waals surface area contributed by atoms with Crippen LogP contribution in [0.25, 0.3) is 33.4 Å². The Balaban J connectivity index is 0.955. The molecule has 6 rings (SSSR count). The molecule has 2 unspecified atom stereocenters. The van der Waals surface area contributed by atoms with E-state index in [2.05, 4.69) is 40.6 Å². The molecule has 24 nitrogen and oxygen atoms in total. The van der Waals surface area contributed by atoms with E-state index in [0.717, 1.165) is 0 Å². The van der Waals surface area contributed by atoms with Crippen LogP contribution in [0.5, 0.6) is 5.75 Å². The van der Waals surface area contributed by atoms with Crippen molar-refractivity contribution in [2.45, 2.75) is 50.1 Å². The van der Waals surface area contributed by atoms with Crippen molar-refractivity contribution in [2.24, 2.45) is 0 Å². The number of fused-ring (bicyclic) bond motifs is 2. The summed E-state index contributed by atoms with van der Waals surface area (Å²) in [7, 11) is -17.1. The van der Waals surface area contributed by atoms with E-state index in [1.807, 2.05) is 0 Å². The molecular weight excluding hydrogens is 951 g/mol. The minimum Gasteiger partial charge on any atom is -0.508 e.